The van der Waals surface area contributed by atoms with Crippen LogP contribution in [0.15, 0.2) is 0 Å². The molecule has 20 heavy (non-hydrogen) atoms. The fourth-order valence-electron chi connectivity index (χ4n) is 3.09. The Labute approximate surface area is 126 Å². The number of hydrogen-bond acceptors (Lipinski definition) is 3. The van der Waals surface area contributed by atoms with Gasteiger partial charge in [-0.3, -0.25) is 0 Å². The lowest BCUT2D eigenvalue weighted by Crippen LogP contribution is -2.52. The van der Waals surface area contributed by atoms with E-state index in [4.69, 9.17) is 4.74 Å². The lowest BCUT2D eigenvalue weighted by atomic mass is 9.80. The highest BCUT2D eigenvalue weighted by Gasteiger charge is 2.36. The summed E-state index contributed by atoms with van der Waals surface area (Å²) in [6, 6.07) is 0.576. The lowest BCUT2D eigenvalue weighted by molar-refractivity contribution is -0.0343. The summed E-state index contributed by atoms with van der Waals surface area (Å²) in [5, 5.41) is 3.62. The molecule has 2 unspecified atom stereocenters. The second-order valence-corrected chi connectivity index (χ2v) is 7.79. The third-order valence-corrected chi connectivity index (χ3v) is 4.83. The van der Waals surface area contributed by atoms with Crippen LogP contribution < -0.4 is 5.32 Å². The molecule has 0 aromatic carbocycles. The summed E-state index contributed by atoms with van der Waals surface area (Å²) in [7, 11) is 2.27. The average Bonchev–Trinajstić information content (AvgIpc) is 2.38. The van der Waals surface area contributed by atoms with E-state index >= 15 is 0 Å². The van der Waals surface area contributed by atoms with Crippen molar-refractivity contribution < 1.29 is 4.74 Å². The summed E-state index contributed by atoms with van der Waals surface area (Å²) in [6.07, 6.45) is 3.68. The SMILES string of the molecule is CCCNCC1(CN(C)C(C)C(C)(C)C)CCCOC1. The zero-order chi connectivity index (χ0) is 15.2. The molecule has 0 aromatic heterocycles. The fourth-order valence-corrected chi connectivity index (χ4v) is 3.09. The first kappa shape index (κ1) is 17.9. The summed E-state index contributed by atoms with van der Waals surface area (Å²) >= 11 is 0. The van der Waals surface area contributed by atoms with Crippen LogP contribution in [0, 0.1) is 10.8 Å². The molecule has 0 radical (unpaired) electrons. The van der Waals surface area contributed by atoms with Crippen molar-refractivity contribution in [2.75, 3.05) is 39.9 Å². The van der Waals surface area contributed by atoms with Crippen LogP contribution >= 0.6 is 0 Å². The minimum Gasteiger partial charge on any atom is -0.381 e. The van der Waals surface area contributed by atoms with Crippen LogP contribution in [0.4, 0.5) is 0 Å². The van der Waals surface area contributed by atoms with Crippen LogP contribution in [-0.4, -0.2) is 50.8 Å². The summed E-state index contributed by atoms with van der Waals surface area (Å²) in [5.74, 6) is 0. The molecule has 2 atom stereocenters. The zero-order valence-electron chi connectivity index (χ0n) is 14.6. The Balaban J connectivity index is 2.64. The molecule has 0 bridgehead atoms. The molecule has 1 N–H and O–H groups in total. The number of nitrogens with zero attached hydrogens (tertiary/aromatic N) is 1. The fraction of sp³-hybridized carbons (Fsp3) is 1.00. The second-order valence-electron chi connectivity index (χ2n) is 7.79. The number of hydrogen-bond donors (Lipinski definition) is 1. The maximum atomic E-state index is 5.82. The summed E-state index contributed by atoms with van der Waals surface area (Å²) in [6.45, 7) is 16.7. The molecule has 1 saturated heterocycles. The Morgan fingerprint density at radius 3 is 2.55 bits per heavy atom. The van der Waals surface area contributed by atoms with E-state index in [0.29, 0.717) is 16.9 Å². The zero-order valence-corrected chi connectivity index (χ0v) is 14.6. The number of ether oxygens (including phenoxy) is 1. The molecule has 0 saturated carbocycles. The van der Waals surface area contributed by atoms with E-state index in [-0.39, 0.29) is 0 Å². The van der Waals surface area contributed by atoms with E-state index < -0.39 is 0 Å². The highest BCUT2D eigenvalue weighted by molar-refractivity contribution is 4.89. The van der Waals surface area contributed by atoms with Crippen molar-refractivity contribution >= 4 is 0 Å². The van der Waals surface area contributed by atoms with Crippen molar-refractivity contribution in [2.45, 2.75) is 59.9 Å². The van der Waals surface area contributed by atoms with E-state index in [1.807, 2.05) is 0 Å². The van der Waals surface area contributed by atoms with Gasteiger partial charge in [0.15, 0.2) is 0 Å². The predicted molar refractivity (Wildman–Crippen MR) is 87.2 cm³/mol. The van der Waals surface area contributed by atoms with Gasteiger partial charge in [-0.25, -0.2) is 0 Å². The first-order valence-corrected chi connectivity index (χ1v) is 8.29. The van der Waals surface area contributed by atoms with Gasteiger partial charge in [0.25, 0.3) is 0 Å². The molecular weight excluding hydrogens is 248 g/mol. The van der Waals surface area contributed by atoms with E-state index in [1.165, 1.54) is 19.3 Å². The Morgan fingerprint density at radius 1 is 1.35 bits per heavy atom. The largest absolute Gasteiger partial charge is 0.381 e. The van der Waals surface area contributed by atoms with Crippen LogP contribution in [0.3, 0.4) is 0 Å². The van der Waals surface area contributed by atoms with Gasteiger partial charge in [-0.2, -0.15) is 0 Å². The minimum atomic E-state index is 0.293. The van der Waals surface area contributed by atoms with Crippen molar-refractivity contribution in [3.05, 3.63) is 0 Å². The van der Waals surface area contributed by atoms with Crippen LogP contribution in [0.1, 0.15) is 53.9 Å². The molecule has 3 heteroatoms. The van der Waals surface area contributed by atoms with Gasteiger partial charge in [0, 0.05) is 31.2 Å². The van der Waals surface area contributed by atoms with Gasteiger partial charge in [-0.1, -0.05) is 27.7 Å². The van der Waals surface area contributed by atoms with Crippen molar-refractivity contribution in [2.24, 2.45) is 10.8 Å². The molecule has 0 aromatic rings. The molecule has 3 nitrogen and oxygen atoms in total. The van der Waals surface area contributed by atoms with E-state index in [1.54, 1.807) is 0 Å². The Bertz CT molecular complexity index is 267. The van der Waals surface area contributed by atoms with Gasteiger partial charge in [0.05, 0.1) is 6.61 Å². The Morgan fingerprint density at radius 2 is 2.05 bits per heavy atom. The quantitative estimate of drug-likeness (QED) is 0.727. The van der Waals surface area contributed by atoms with Crippen LogP contribution in [0.5, 0.6) is 0 Å². The predicted octanol–water partition coefficient (Wildman–Crippen LogP) is 3.15. The first-order chi connectivity index (χ1) is 9.31. The first-order valence-electron chi connectivity index (χ1n) is 8.29. The van der Waals surface area contributed by atoms with Crippen LogP contribution in [0.25, 0.3) is 0 Å². The molecule has 1 aliphatic rings. The molecule has 120 valence electrons. The third-order valence-electron chi connectivity index (χ3n) is 4.83. The molecule has 0 spiro atoms. The summed E-state index contributed by atoms with van der Waals surface area (Å²) < 4.78 is 5.82. The summed E-state index contributed by atoms with van der Waals surface area (Å²) in [4.78, 5) is 2.53. The van der Waals surface area contributed by atoms with Crippen molar-refractivity contribution in [3.8, 4) is 0 Å². The van der Waals surface area contributed by atoms with Gasteiger partial charge in [0.2, 0.25) is 0 Å². The highest BCUT2D eigenvalue weighted by atomic mass is 16.5. The molecular formula is C17H36N2O. The highest BCUT2D eigenvalue weighted by Crippen LogP contribution is 2.32. The van der Waals surface area contributed by atoms with Crippen molar-refractivity contribution in [3.63, 3.8) is 0 Å². The van der Waals surface area contributed by atoms with Gasteiger partial charge >= 0.3 is 0 Å². The monoisotopic (exact) mass is 284 g/mol. The third kappa shape index (κ3) is 5.34. The number of rotatable bonds is 7. The van der Waals surface area contributed by atoms with Gasteiger partial charge in [-0.05, 0) is 45.2 Å². The maximum absolute atomic E-state index is 5.82. The van der Waals surface area contributed by atoms with Gasteiger partial charge in [-0.15, -0.1) is 0 Å². The maximum Gasteiger partial charge on any atom is 0.0546 e. The Hall–Kier alpha value is -0.120. The molecule has 1 aliphatic heterocycles. The molecule has 0 amide bonds. The molecule has 1 rings (SSSR count). The number of nitrogens with one attached hydrogen (secondary N) is 1. The van der Waals surface area contributed by atoms with E-state index in [0.717, 1.165) is 32.8 Å². The van der Waals surface area contributed by atoms with Crippen LogP contribution in [-0.2, 0) is 4.74 Å². The Kier molecular flexibility index (Phi) is 6.96. The molecule has 1 fully saturated rings. The molecule has 1 heterocycles. The smallest absolute Gasteiger partial charge is 0.0546 e. The van der Waals surface area contributed by atoms with Crippen molar-refractivity contribution in [1.29, 1.82) is 0 Å². The van der Waals surface area contributed by atoms with Crippen molar-refractivity contribution in [1.82, 2.24) is 10.2 Å². The van der Waals surface area contributed by atoms with E-state index in [2.05, 4.69) is 51.9 Å². The van der Waals surface area contributed by atoms with Gasteiger partial charge in [0.1, 0.15) is 0 Å². The minimum absolute atomic E-state index is 0.293. The second kappa shape index (κ2) is 7.77. The lowest BCUT2D eigenvalue weighted by Gasteiger charge is -2.44. The molecule has 0 aliphatic carbocycles. The van der Waals surface area contributed by atoms with Gasteiger partial charge < -0.3 is 15.0 Å². The van der Waals surface area contributed by atoms with Crippen LogP contribution in [0.2, 0.25) is 0 Å². The normalized spacial score (nSPS) is 25.9. The summed E-state index contributed by atoms with van der Waals surface area (Å²) in [5.41, 5.74) is 0.615. The van der Waals surface area contributed by atoms with E-state index in [9.17, 15) is 0 Å². The standard InChI is InChI=1S/C17H36N2O/c1-7-10-18-12-17(9-8-11-20-14-17)13-19(6)15(2)16(3,4)5/h15,18H,7-14H2,1-6H3. The topological polar surface area (TPSA) is 24.5 Å². The average molecular weight is 284 g/mol.